The van der Waals surface area contributed by atoms with Crippen LogP contribution in [0.4, 0.5) is 11.5 Å². The third-order valence-electron chi connectivity index (χ3n) is 8.29. The number of aromatic nitrogens is 1. The molecule has 202 valence electrons. The van der Waals surface area contributed by atoms with Crippen LogP contribution in [-0.4, -0.2) is 16.8 Å². The summed E-state index contributed by atoms with van der Waals surface area (Å²) in [4.78, 5) is 51.4. The van der Waals surface area contributed by atoms with Crippen LogP contribution < -0.4 is 15.2 Å². The number of fused-ring (bicyclic) bond motifs is 5. The zero-order valence-electron chi connectivity index (χ0n) is 23.2. The molecule has 1 spiro atoms. The maximum absolute atomic E-state index is 15.0. The van der Waals surface area contributed by atoms with Gasteiger partial charge in [-0.15, -0.1) is 0 Å². The summed E-state index contributed by atoms with van der Waals surface area (Å²) in [5.41, 5.74) is 4.08. The summed E-state index contributed by atoms with van der Waals surface area (Å²) in [5.74, 6) is -0.825. The van der Waals surface area contributed by atoms with Gasteiger partial charge in [0.15, 0.2) is 11.0 Å². The maximum atomic E-state index is 15.0. The van der Waals surface area contributed by atoms with Crippen molar-refractivity contribution in [2.75, 3.05) is 9.80 Å². The molecular formula is C34H27N3O4. The van der Waals surface area contributed by atoms with E-state index in [-0.39, 0.29) is 23.7 Å². The van der Waals surface area contributed by atoms with Crippen molar-refractivity contribution in [3.05, 3.63) is 134 Å². The number of anilines is 2. The zero-order chi connectivity index (χ0) is 28.6. The van der Waals surface area contributed by atoms with Crippen LogP contribution >= 0.6 is 0 Å². The third kappa shape index (κ3) is 3.38. The summed E-state index contributed by atoms with van der Waals surface area (Å²) in [7, 11) is 0. The summed E-state index contributed by atoms with van der Waals surface area (Å²) >= 11 is 0. The van der Waals surface area contributed by atoms with Crippen molar-refractivity contribution in [3.63, 3.8) is 0 Å². The van der Waals surface area contributed by atoms with E-state index in [1.807, 2.05) is 82.3 Å². The van der Waals surface area contributed by atoms with E-state index in [0.717, 1.165) is 27.8 Å². The van der Waals surface area contributed by atoms with Crippen LogP contribution in [-0.2, 0) is 16.9 Å². The first-order valence-electron chi connectivity index (χ1n) is 13.5. The fraction of sp³-hybridized carbons (Fsp3) is 0.176. The highest BCUT2D eigenvalue weighted by Crippen LogP contribution is 2.54. The third-order valence-corrected chi connectivity index (χ3v) is 8.29. The highest BCUT2D eigenvalue weighted by Gasteiger charge is 2.66. The molecule has 0 saturated carbocycles. The van der Waals surface area contributed by atoms with Crippen LogP contribution in [0.25, 0.3) is 11.0 Å². The van der Waals surface area contributed by atoms with Gasteiger partial charge in [0.2, 0.25) is 5.76 Å². The number of para-hydroxylation sites is 1. The van der Waals surface area contributed by atoms with Crippen LogP contribution in [0.1, 0.15) is 49.5 Å². The number of benzene rings is 3. The zero-order valence-corrected chi connectivity index (χ0v) is 23.2. The first-order chi connectivity index (χ1) is 19.7. The van der Waals surface area contributed by atoms with E-state index in [1.54, 1.807) is 29.3 Å². The van der Waals surface area contributed by atoms with Crippen LogP contribution in [0, 0.1) is 27.7 Å². The van der Waals surface area contributed by atoms with Gasteiger partial charge in [-0.05, 0) is 80.3 Å². The Hall–Kier alpha value is -5.04. The van der Waals surface area contributed by atoms with Crippen molar-refractivity contribution in [1.29, 1.82) is 0 Å². The second kappa shape index (κ2) is 8.73. The van der Waals surface area contributed by atoms with E-state index in [9.17, 15) is 14.4 Å². The molecule has 7 nitrogen and oxygen atoms in total. The van der Waals surface area contributed by atoms with Gasteiger partial charge in [0, 0.05) is 11.8 Å². The van der Waals surface area contributed by atoms with Crippen molar-refractivity contribution in [1.82, 2.24) is 4.98 Å². The lowest BCUT2D eigenvalue weighted by Gasteiger charge is -2.33. The number of aryl methyl sites for hydroxylation is 4. The lowest BCUT2D eigenvalue weighted by atomic mass is 9.83. The summed E-state index contributed by atoms with van der Waals surface area (Å²) in [5, 5.41) is 0.334. The molecule has 0 saturated heterocycles. The lowest BCUT2D eigenvalue weighted by molar-refractivity contribution is -0.121. The van der Waals surface area contributed by atoms with Gasteiger partial charge in [-0.3, -0.25) is 19.3 Å². The van der Waals surface area contributed by atoms with E-state index in [1.165, 1.54) is 4.90 Å². The molecular weight excluding hydrogens is 514 g/mol. The van der Waals surface area contributed by atoms with Gasteiger partial charge in [-0.1, -0.05) is 48.0 Å². The largest absolute Gasteiger partial charge is 0.450 e. The molecule has 0 aliphatic carbocycles. The van der Waals surface area contributed by atoms with Crippen molar-refractivity contribution in [3.8, 4) is 0 Å². The number of carbonyl (C=O) groups excluding carboxylic acids is 2. The number of hydrogen-bond donors (Lipinski definition) is 0. The second-order valence-electron chi connectivity index (χ2n) is 11.0. The molecule has 2 amide bonds. The second-order valence-corrected chi connectivity index (χ2v) is 11.0. The molecule has 2 aliphatic rings. The molecule has 2 aromatic heterocycles. The minimum Gasteiger partial charge on any atom is -0.450 e. The number of nitrogens with zero attached hydrogens (tertiary/aromatic N) is 3. The van der Waals surface area contributed by atoms with Crippen LogP contribution in [0.2, 0.25) is 0 Å². The van der Waals surface area contributed by atoms with Gasteiger partial charge in [0.05, 0.1) is 23.2 Å². The highest BCUT2D eigenvalue weighted by molar-refractivity contribution is 6.24. The molecule has 2 aliphatic heterocycles. The Morgan fingerprint density at radius 1 is 0.829 bits per heavy atom. The Labute approximate surface area is 236 Å². The van der Waals surface area contributed by atoms with Crippen LogP contribution in [0.3, 0.4) is 0 Å². The Morgan fingerprint density at radius 3 is 2.37 bits per heavy atom. The van der Waals surface area contributed by atoms with Gasteiger partial charge >= 0.3 is 0 Å². The Morgan fingerprint density at radius 2 is 1.59 bits per heavy atom. The Bertz CT molecular complexity index is 2010. The first-order valence-corrected chi connectivity index (χ1v) is 13.5. The molecule has 4 heterocycles. The molecule has 1 unspecified atom stereocenters. The van der Waals surface area contributed by atoms with Crippen LogP contribution in [0.15, 0.2) is 88.2 Å². The molecule has 41 heavy (non-hydrogen) atoms. The fourth-order valence-corrected chi connectivity index (χ4v) is 6.26. The molecule has 7 heteroatoms. The number of carbonyl (C=O) groups is 2. The van der Waals surface area contributed by atoms with Crippen molar-refractivity contribution in [2.24, 2.45) is 0 Å². The predicted octanol–water partition coefficient (Wildman–Crippen LogP) is 5.87. The number of hydrogen-bond acceptors (Lipinski definition) is 5. The smallest absolute Gasteiger partial charge is 0.297 e. The lowest BCUT2D eigenvalue weighted by Crippen LogP contribution is -2.54. The minimum atomic E-state index is -1.78. The van der Waals surface area contributed by atoms with Crippen molar-refractivity contribution in [2.45, 2.75) is 39.8 Å². The Kier molecular flexibility index (Phi) is 5.32. The fourth-order valence-electron chi connectivity index (χ4n) is 6.26. The van der Waals surface area contributed by atoms with Gasteiger partial charge in [0.1, 0.15) is 11.4 Å². The summed E-state index contributed by atoms with van der Waals surface area (Å²) in [6.45, 7) is 8.01. The summed E-state index contributed by atoms with van der Waals surface area (Å²) < 4.78 is 6.24. The predicted molar refractivity (Wildman–Crippen MR) is 157 cm³/mol. The Balaban J connectivity index is 1.57. The highest BCUT2D eigenvalue weighted by atomic mass is 16.3. The van der Waals surface area contributed by atoms with E-state index in [0.29, 0.717) is 22.2 Å². The summed E-state index contributed by atoms with van der Waals surface area (Å²) in [6.07, 6.45) is 1.60. The molecule has 5 aromatic rings. The maximum Gasteiger partial charge on any atom is 0.297 e. The molecule has 1 atom stereocenters. The number of pyridine rings is 1. The average molecular weight is 542 g/mol. The van der Waals surface area contributed by atoms with Crippen molar-refractivity contribution >= 4 is 34.3 Å². The molecule has 0 bridgehead atoms. The standard InChI is InChI=1S/C34H27N3O4/c1-19-8-7-9-23(14-19)18-36-26-11-6-5-10-25(26)34(33(36)40)29-30(38)24-16-21(3)22(4)17-27(24)41-31(29)32(39)37(34)28-15-20(2)12-13-35-28/h5-17H,18H2,1-4H3. The topological polar surface area (TPSA) is 83.7 Å². The van der Waals surface area contributed by atoms with Gasteiger partial charge < -0.3 is 9.32 Å². The first kappa shape index (κ1) is 25.0. The molecule has 7 rings (SSSR count). The molecule has 0 radical (unpaired) electrons. The molecule has 0 fully saturated rings. The van der Waals surface area contributed by atoms with E-state index >= 15 is 0 Å². The molecule has 0 N–H and O–H groups in total. The van der Waals surface area contributed by atoms with E-state index < -0.39 is 22.8 Å². The minimum absolute atomic E-state index is 0.0331. The number of rotatable bonds is 3. The number of amides is 2. The van der Waals surface area contributed by atoms with E-state index in [2.05, 4.69) is 4.98 Å². The van der Waals surface area contributed by atoms with Crippen LogP contribution in [0.5, 0.6) is 0 Å². The SMILES string of the molecule is Cc1cccc(CN2C(=O)C3(c4ccccc42)c2c(oc4cc(C)c(C)cc4c2=O)C(=O)N3c2cc(C)ccn2)c1. The van der Waals surface area contributed by atoms with Gasteiger partial charge in [-0.25, -0.2) is 4.98 Å². The normalized spacial score (nSPS) is 17.6. The van der Waals surface area contributed by atoms with Gasteiger partial charge in [0.25, 0.3) is 11.8 Å². The summed E-state index contributed by atoms with van der Waals surface area (Å²) in [6, 6.07) is 22.4. The van der Waals surface area contributed by atoms with Gasteiger partial charge in [-0.2, -0.15) is 0 Å². The van der Waals surface area contributed by atoms with E-state index in [4.69, 9.17) is 4.42 Å². The quantitative estimate of drug-likeness (QED) is 0.285. The monoisotopic (exact) mass is 541 g/mol. The average Bonchev–Trinajstić information content (AvgIpc) is 3.34. The van der Waals surface area contributed by atoms with Crippen molar-refractivity contribution < 1.29 is 14.0 Å². The molecule has 3 aromatic carbocycles.